The van der Waals surface area contributed by atoms with E-state index in [1.54, 1.807) is 13.2 Å². The molecule has 0 radical (unpaired) electrons. The van der Waals surface area contributed by atoms with Gasteiger partial charge in [0, 0.05) is 22.6 Å². The van der Waals surface area contributed by atoms with Gasteiger partial charge in [0.1, 0.15) is 5.75 Å². The van der Waals surface area contributed by atoms with E-state index >= 15 is 0 Å². The van der Waals surface area contributed by atoms with Crippen molar-refractivity contribution in [2.45, 2.75) is 0 Å². The second-order valence-electron chi connectivity index (χ2n) is 4.97. The lowest BCUT2D eigenvalue weighted by atomic mass is 10.2. The fraction of sp³-hybridized carbons (Fsp3) is 0.0526. The van der Waals surface area contributed by atoms with Crippen LogP contribution in [0.1, 0.15) is 5.56 Å². The summed E-state index contributed by atoms with van der Waals surface area (Å²) < 4.78 is 5.25. The molecule has 120 valence electrons. The summed E-state index contributed by atoms with van der Waals surface area (Å²) in [5.41, 5.74) is 2.72. The number of carbonyl (C=O) groups is 1. The second kappa shape index (κ2) is 7.57. The molecule has 1 aromatic heterocycles. The van der Waals surface area contributed by atoms with Crippen LogP contribution in [0.3, 0.4) is 0 Å². The van der Waals surface area contributed by atoms with Gasteiger partial charge in [0.25, 0.3) is 0 Å². The van der Waals surface area contributed by atoms with Crippen molar-refractivity contribution in [1.29, 1.82) is 0 Å². The number of hydrogen-bond donors (Lipinski definition) is 1. The van der Waals surface area contributed by atoms with E-state index in [1.807, 2.05) is 60.0 Å². The number of rotatable bonds is 5. The molecule has 2 aromatic carbocycles. The van der Waals surface area contributed by atoms with Gasteiger partial charge in [0.2, 0.25) is 5.91 Å². The Hall–Kier alpha value is -2.92. The van der Waals surface area contributed by atoms with Crippen molar-refractivity contribution in [2.75, 3.05) is 12.4 Å². The minimum Gasteiger partial charge on any atom is -0.496 e. The number of benzene rings is 2. The lowest BCUT2D eigenvalue weighted by molar-refractivity contribution is -0.111. The number of carbonyl (C=O) groups excluding carboxylic acids is 1. The van der Waals surface area contributed by atoms with Crippen molar-refractivity contribution in [3.8, 4) is 17.0 Å². The number of anilines is 1. The first-order valence-corrected chi connectivity index (χ1v) is 8.27. The standard InChI is InChI=1S/C19H16N2O2S/c1-23-17-10-6-5-9-15(17)11-12-18(22)21-19-20-16(13-24-19)14-7-3-2-4-8-14/h2-13H,1H3,(H,20,21,22). The van der Waals surface area contributed by atoms with Gasteiger partial charge >= 0.3 is 0 Å². The number of aromatic nitrogens is 1. The summed E-state index contributed by atoms with van der Waals surface area (Å²) in [4.78, 5) is 16.5. The highest BCUT2D eigenvalue weighted by Gasteiger charge is 2.06. The maximum atomic E-state index is 12.1. The molecule has 0 fully saturated rings. The van der Waals surface area contributed by atoms with E-state index in [0.717, 1.165) is 22.6 Å². The zero-order chi connectivity index (χ0) is 16.8. The van der Waals surface area contributed by atoms with Gasteiger partial charge < -0.3 is 4.74 Å². The zero-order valence-electron chi connectivity index (χ0n) is 13.1. The van der Waals surface area contributed by atoms with E-state index in [9.17, 15) is 4.79 Å². The summed E-state index contributed by atoms with van der Waals surface area (Å²) in [7, 11) is 1.60. The summed E-state index contributed by atoms with van der Waals surface area (Å²) >= 11 is 1.40. The van der Waals surface area contributed by atoms with Gasteiger partial charge in [-0.15, -0.1) is 11.3 Å². The third kappa shape index (κ3) is 3.88. The molecule has 24 heavy (non-hydrogen) atoms. The molecule has 0 aliphatic heterocycles. The molecular formula is C19H16N2O2S. The number of thiazole rings is 1. The molecule has 3 rings (SSSR count). The highest BCUT2D eigenvalue weighted by Crippen LogP contribution is 2.24. The van der Waals surface area contributed by atoms with Gasteiger partial charge in [-0.1, -0.05) is 48.5 Å². The van der Waals surface area contributed by atoms with E-state index in [1.165, 1.54) is 17.4 Å². The third-order valence-electron chi connectivity index (χ3n) is 3.36. The number of ether oxygens (including phenoxy) is 1. The van der Waals surface area contributed by atoms with Gasteiger partial charge in [0.15, 0.2) is 5.13 Å². The lowest BCUT2D eigenvalue weighted by Gasteiger charge is -2.03. The van der Waals surface area contributed by atoms with Crippen LogP contribution >= 0.6 is 11.3 Å². The average molecular weight is 336 g/mol. The van der Waals surface area contributed by atoms with Gasteiger partial charge in [-0.05, 0) is 12.1 Å². The molecule has 1 amide bonds. The molecule has 1 heterocycles. The monoisotopic (exact) mass is 336 g/mol. The molecule has 0 unspecified atom stereocenters. The average Bonchev–Trinajstić information content (AvgIpc) is 3.09. The first kappa shape index (κ1) is 16.0. The van der Waals surface area contributed by atoms with E-state index in [4.69, 9.17) is 4.74 Å². The first-order valence-electron chi connectivity index (χ1n) is 7.39. The third-order valence-corrected chi connectivity index (χ3v) is 4.11. The van der Waals surface area contributed by atoms with Crippen molar-refractivity contribution in [3.05, 3.63) is 71.6 Å². The van der Waals surface area contributed by atoms with E-state index < -0.39 is 0 Å². The summed E-state index contributed by atoms with van der Waals surface area (Å²) in [5.74, 6) is 0.497. The van der Waals surface area contributed by atoms with Crippen LogP contribution in [0.15, 0.2) is 66.1 Å². The number of nitrogens with zero attached hydrogens (tertiary/aromatic N) is 1. The summed E-state index contributed by atoms with van der Waals surface area (Å²) in [6.07, 6.45) is 3.20. The maximum Gasteiger partial charge on any atom is 0.250 e. The van der Waals surface area contributed by atoms with Crippen molar-refractivity contribution in [2.24, 2.45) is 0 Å². The van der Waals surface area contributed by atoms with E-state index in [2.05, 4.69) is 10.3 Å². The molecule has 4 nitrogen and oxygen atoms in total. The number of hydrogen-bond acceptors (Lipinski definition) is 4. The Morgan fingerprint density at radius 2 is 1.88 bits per heavy atom. The molecular weight excluding hydrogens is 320 g/mol. The quantitative estimate of drug-likeness (QED) is 0.699. The van der Waals surface area contributed by atoms with Gasteiger partial charge in [0.05, 0.1) is 12.8 Å². The largest absolute Gasteiger partial charge is 0.496 e. The second-order valence-corrected chi connectivity index (χ2v) is 5.83. The van der Waals surface area contributed by atoms with Crippen LogP contribution in [0.2, 0.25) is 0 Å². The lowest BCUT2D eigenvalue weighted by Crippen LogP contribution is -2.07. The van der Waals surface area contributed by atoms with Crippen LogP contribution in [0.4, 0.5) is 5.13 Å². The SMILES string of the molecule is COc1ccccc1C=CC(=O)Nc1nc(-c2ccccc2)cs1. The predicted octanol–water partition coefficient (Wildman–Crippen LogP) is 4.47. The maximum absolute atomic E-state index is 12.1. The molecule has 0 aliphatic carbocycles. The van der Waals surface area contributed by atoms with Crippen molar-refractivity contribution in [3.63, 3.8) is 0 Å². The normalized spacial score (nSPS) is 10.7. The predicted molar refractivity (Wildman–Crippen MR) is 98.2 cm³/mol. The fourth-order valence-corrected chi connectivity index (χ4v) is 2.91. The Labute approximate surface area is 144 Å². The molecule has 0 saturated heterocycles. The number of nitrogens with one attached hydrogen (secondary N) is 1. The van der Waals surface area contributed by atoms with Gasteiger partial charge in [-0.3, -0.25) is 10.1 Å². The molecule has 1 N–H and O–H groups in total. The Kier molecular flexibility index (Phi) is 5.03. The van der Waals surface area contributed by atoms with E-state index in [0.29, 0.717) is 5.13 Å². The smallest absolute Gasteiger partial charge is 0.250 e. The highest BCUT2D eigenvalue weighted by molar-refractivity contribution is 7.14. The van der Waals surface area contributed by atoms with Crippen molar-refractivity contribution < 1.29 is 9.53 Å². The Morgan fingerprint density at radius 3 is 2.67 bits per heavy atom. The van der Waals surface area contributed by atoms with E-state index in [-0.39, 0.29) is 5.91 Å². The van der Waals surface area contributed by atoms with Crippen molar-refractivity contribution in [1.82, 2.24) is 4.98 Å². The van der Waals surface area contributed by atoms with Gasteiger partial charge in [-0.2, -0.15) is 0 Å². The van der Waals surface area contributed by atoms with Gasteiger partial charge in [-0.25, -0.2) is 4.98 Å². The number of amides is 1. The Morgan fingerprint density at radius 1 is 1.12 bits per heavy atom. The molecule has 0 aliphatic rings. The number of para-hydroxylation sites is 1. The van der Waals surface area contributed by atoms with Crippen LogP contribution in [0.5, 0.6) is 5.75 Å². The molecule has 0 saturated carbocycles. The van der Waals surface area contributed by atoms with Crippen LogP contribution in [-0.2, 0) is 4.79 Å². The van der Waals surface area contributed by atoms with Crippen LogP contribution < -0.4 is 10.1 Å². The fourth-order valence-electron chi connectivity index (χ4n) is 2.19. The topological polar surface area (TPSA) is 51.2 Å². The molecule has 3 aromatic rings. The van der Waals surface area contributed by atoms with Crippen LogP contribution in [0, 0.1) is 0 Å². The molecule has 0 atom stereocenters. The highest BCUT2D eigenvalue weighted by atomic mass is 32.1. The molecule has 5 heteroatoms. The Balaban J connectivity index is 1.67. The molecule has 0 spiro atoms. The minimum atomic E-state index is -0.227. The Bertz CT molecular complexity index is 857. The summed E-state index contributed by atoms with van der Waals surface area (Å²) in [6.45, 7) is 0. The van der Waals surface area contributed by atoms with Crippen LogP contribution in [0.25, 0.3) is 17.3 Å². The molecule has 0 bridgehead atoms. The minimum absolute atomic E-state index is 0.227. The number of methoxy groups -OCH3 is 1. The first-order chi connectivity index (χ1) is 11.8. The summed E-state index contributed by atoms with van der Waals surface area (Å²) in [5, 5.41) is 5.28. The van der Waals surface area contributed by atoms with Crippen LogP contribution in [-0.4, -0.2) is 18.0 Å². The van der Waals surface area contributed by atoms with Crippen molar-refractivity contribution >= 4 is 28.5 Å². The zero-order valence-corrected chi connectivity index (χ0v) is 13.9. The summed E-state index contributed by atoms with van der Waals surface area (Å²) in [6, 6.07) is 17.4.